The molecule has 1 aromatic rings. The maximum atomic E-state index is 12.0. The molecule has 0 radical (unpaired) electrons. The lowest BCUT2D eigenvalue weighted by atomic mass is 10.0. The molecule has 0 unspecified atom stereocenters. The van der Waals surface area contributed by atoms with Crippen molar-refractivity contribution in [2.45, 2.75) is 45.7 Å². The average molecular weight is 259 g/mol. The number of anilines is 1. The summed E-state index contributed by atoms with van der Waals surface area (Å²) in [4.78, 5) is 0. The van der Waals surface area contributed by atoms with Gasteiger partial charge in [-0.05, 0) is 30.4 Å². The molecular formula is C14H20F3N. The fraction of sp³-hybridized carbons (Fsp3) is 0.571. The molecule has 0 aliphatic heterocycles. The minimum absolute atomic E-state index is 0.116. The van der Waals surface area contributed by atoms with Crippen molar-refractivity contribution in [3.05, 3.63) is 29.3 Å². The molecular weight excluding hydrogens is 239 g/mol. The predicted octanol–water partition coefficient (Wildman–Crippen LogP) is 4.57. The Balaban J connectivity index is 2.60. The van der Waals surface area contributed by atoms with Crippen molar-refractivity contribution in [1.82, 2.24) is 0 Å². The van der Waals surface area contributed by atoms with Gasteiger partial charge in [-0.3, -0.25) is 0 Å². The Kier molecular flexibility index (Phi) is 5.51. The first-order chi connectivity index (χ1) is 8.48. The minimum atomic E-state index is -4.06. The second-order valence-corrected chi connectivity index (χ2v) is 4.30. The predicted molar refractivity (Wildman–Crippen MR) is 69.0 cm³/mol. The van der Waals surface area contributed by atoms with Crippen LogP contribution in [0.1, 0.15) is 37.8 Å². The summed E-state index contributed by atoms with van der Waals surface area (Å²) in [5.74, 6) is 0. The van der Waals surface area contributed by atoms with Crippen molar-refractivity contribution in [2.24, 2.45) is 0 Å². The van der Waals surface area contributed by atoms with Gasteiger partial charge in [0.15, 0.2) is 0 Å². The maximum Gasteiger partial charge on any atom is 0.389 e. The van der Waals surface area contributed by atoms with E-state index in [1.165, 1.54) is 11.1 Å². The van der Waals surface area contributed by atoms with E-state index in [1.807, 2.05) is 18.2 Å². The van der Waals surface area contributed by atoms with Gasteiger partial charge >= 0.3 is 6.18 Å². The summed E-state index contributed by atoms with van der Waals surface area (Å²) in [7, 11) is 0. The zero-order valence-electron chi connectivity index (χ0n) is 10.9. The van der Waals surface area contributed by atoms with Gasteiger partial charge in [0, 0.05) is 18.7 Å². The first kappa shape index (κ1) is 14.9. The van der Waals surface area contributed by atoms with E-state index >= 15 is 0 Å². The zero-order chi connectivity index (χ0) is 13.6. The fourth-order valence-electron chi connectivity index (χ4n) is 1.97. The van der Waals surface area contributed by atoms with E-state index in [2.05, 4.69) is 19.2 Å². The second-order valence-electron chi connectivity index (χ2n) is 4.30. The van der Waals surface area contributed by atoms with Gasteiger partial charge in [-0.25, -0.2) is 0 Å². The molecule has 0 fully saturated rings. The number of alkyl halides is 3. The van der Waals surface area contributed by atoms with E-state index in [0.717, 1.165) is 18.5 Å². The molecule has 1 rings (SSSR count). The van der Waals surface area contributed by atoms with Gasteiger partial charge in [0.25, 0.3) is 0 Å². The Labute approximate surface area is 106 Å². The van der Waals surface area contributed by atoms with Crippen LogP contribution < -0.4 is 5.32 Å². The van der Waals surface area contributed by atoms with Crippen LogP contribution in [0.3, 0.4) is 0 Å². The van der Waals surface area contributed by atoms with Crippen LogP contribution in [-0.2, 0) is 12.8 Å². The van der Waals surface area contributed by atoms with Crippen LogP contribution in [-0.4, -0.2) is 12.7 Å². The van der Waals surface area contributed by atoms with E-state index in [0.29, 0.717) is 6.54 Å². The SMILES string of the molecule is CCc1cccc(CC)c1NCCCC(F)(F)F. The zero-order valence-corrected chi connectivity index (χ0v) is 10.9. The maximum absolute atomic E-state index is 12.0. The van der Waals surface area contributed by atoms with Crippen LogP contribution in [0.5, 0.6) is 0 Å². The van der Waals surface area contributed by atoms with Crippen molar-refractivity contribution < 1.29 is 13.2 Å². The summed E-state index contributed by atoms with van der Waals surface area (Å²) in [6, 6.07) is 6.04. The Hall–Kier alpha value is -1.19. The molecule has 18 heavy (non-hydrogen) atoms. The van der Waals surface area contributed by atoms with Gasteiger partial charge in [0.1, 0.15) is 0 Å². The van der Waals surface area contributed by atoms with Crippen molar-refractivity contribution in [1.29, 1.82) is 0 Å². The number of para-hydroxylation sites is 1. The lowest BCUT2D eigenvalue weighted by molar-refractivity contribution is -0.134. The summed E-state index contributed by atoms with van der Waals surface area (Å²) in [5, 5.41) is 3.16. The number of rotatable bonds is 6. The topological polar surface area (TPSA) is 12.0 Å². The van der Waals surface area contributed by atoms with E-state index in [4.69, 9.17) is 0 Å². The Morgan fingerprint density at radius 3 is 2.06 bits per heavy atom. The molecule has 4 heteroatoms. The van der Waals surface area contributed by atoms with Gasteiger partial charge in [0.05, 0.1) is 0 Å². The molecule has 1 N–H and O–H groups in total. The molecule has 1 aromatic carbocycles. The summed E-state index contributed by atoms with van der Waals surface area (Å²) in [6.45, 7) is 4.47. The molecule has 0 amide bonds. The summed E-state index contributed by atoms with van der Waals surface area (Å²) >= 11 is 0. The highest BCUT2D eigenvalue weighted by Crippen LogP contribution is 2.24. The highest BCUT2D eigenvalue weighted by molar-refractivity contribution is 5.57. The normalized spacial score (nSPS) is 11.6. The number of aryl methyl sites for hydroxylation is 2. The molecule has 0 aromatic heterocycles. The molecule has 1 nitrogen and oxygen atoms in total. The van der Waals surface area contributed by atoms with Crippen molar-refractivity contribution in [3.63, 3.8) is 0 Å². The largest absolute Gasteiger partial charge is 0.389 e. The van der Waals surface area contributed by atoms with Crippen LogP contribution in [0.4, 0.5) is 18.9 Å². The van der Waals surface area contributed by atoms with E-state index < -0.39 is 12.6 Å². The summed E-state index contributed by atoms with van der Waals surface area (Å²) < 4.78 is 36.1. The van der Waals surface area contributed by atoms with Crippen LogP contribution in [0, 0.1) is 0 Å². The molecule has 0 aliphatic carbocycles. The third-order valence-electron chi connectivity index (χ3n) is 2.94. The number of hydrogen-bond acceptors (Lipinski definition) is 1. The standard InChI is InChI=1S/C14H20F3N/c1-3-11-7-5-8-12(4-2)13(11)18-10-6-9-14(15,16)17/h5,7-8,18H,3-4,6,9-10H2,1-2H3. The Morgan fingerprint density at radius 2 is 1.61 bits per heavy atom. The Morgan fingerprint density at radius 1 is 1.06 bits per heavy atom. The van der Waals surface area contributed by atoms with Crippen LogP contribution in [0.2, 0.25) is 0 Å². The number of benzene rings is 1. The third-order valence-corrected chi connectivity index (χ3v) is 2.94. The van der Waals surface area contributed by atoms with E-state index in [1.54, 1.807) is 0 Å². The van der Waals surface area contributed by atoms with E-state index in [9.17, 15) is 13.2 Å². The molecule has 0 heterocycles. The molecule has 0 bridgehead atoms. The summed E-state index contributed by atoms with van der Waals surface area (Å²) in [5.41, 5.74) is 3.35. The third kappa shape index (κ3) is 4.59. The van der Waals surface area contributed by atoms with Crippen molar-refractivity contribution in [3.8, 4) is 0 Å². The molecule has 102 valence electrons. The van der Waals surface area contributed by atoms with E-state index in [-0.39, 0.29) is 6.42 Å². The smallest absolute Gasteiger partial charge is 0.385 e. The highest BCUT2D eigenvalue weighted by atomic mass is 19.4. The molecule has 0 aliphatic rings. The first-order valence-corrected chi connectivity index (χ1v) is 6.39. The minimum Gasteiger partial charge on any atom is -0.385 e. The van der Waals surface area contributed by atoms with Crippen LogP contribution >= 0.6 is 0 Å². The number of halogens is 3. The summed E-state index contributed by atoms with van der Waals surface area (Å²) in [6.07, 6.45) is -2.90. The fourth-order valence-corrected chi connectivity index (χ4v) is 1.97. The highest BCUT2D eigenvalue weighted by Gasteiger charge is 2.25. The van der Waals surface area contributed by atoms with Crippen LogP contribution in [0.25, 0.3) is 0 Å². The average Bonchev–Trinajstić information content (AvgIpc) is 2.33. The van der Waals surface area contributed by atoms with Gasteiger partial charge in [-0.1, -0.05) is 32.0 Å². The lowest BCUT2D eigenvalue weighted by Gasteiger charge is -2.15. The molecule has 0 spiro atoms. The Bertz CT molecular complexity index is 350. The molecule has 0 saturated heterocycles. The van der Waals surface area contributed by atoms with Gasteiger partial charge in [-0.2, -0.15) is 13.2 Å². The van der Waals surface area contributed by atoms with Gasteiger partial charge in [-0.15, -0.1) is 0 Å². The van der Waals surface area contributed by atoms with Gasteiger partial charge in [0.2, 0.25) is 0 Å². The second kappa shape index (κ2) is 6.66. The number of hydrogen-bond donors (Lipinski definition) is 1. The lowest BCUT2D eigenvalue weighted by Crippen LogP contribution is -2.12. The van der Waals surface area contributed by atoms with Crippen molar-refractivity contribution >= 4 is 5.69 Å². The van der Waals surface area contributed by atoms with Crippen molar-refractivity contribution in [2.75, 3.05) is 11.9 Å². The quantitative estimate of drug-likeness (QED) is 0.738. The number of nitrogens with one attached hydrogen (secondary N) is 1. The molecule has 0 atom stereocenters. The first-order valence-electron chi connectivity index (χ1n) is 6.39. The van der Waals surface area contributed by atoms with Crippen LogP contribution in [0.15, 0.2) is 18.2 Å². The van der Waals surface area contributed by atoms with Gasteiger partial charge < -0.3 is 5.32 Å². The monoisotopic (exact) mass is 259 g/mol. The molecule has 0 saturated carbocycles.